The number of nitrogens with one attached hydrogen (secondary N) is 1. The largest absolute Gasteiger partial charge is 0.465 e. The molecule has 0 aromatic heterocycles. The summed E-state index contributed by atoms with van der Waals surface area (Å²) >= 11 is 0. The number of ketones is 1. The average molecular weight is 502 g/mol. The first-order valence-electron chi connectivity index (χ1n) is 14.0. The zero-order valence-corrected chi connectivity index (χ0v) is 22.4. The second-order valence-electron chi connectivity index (χ2n) is 12.1. The van der Waals surface area contributed by atoms with Crippen LogP contribution < -0.4 is 5.32 Å². The van der Waals surface area contributed by atoms with Gasteiger partial charge in [-0.05, 0) is 69.2 Å². The van der Waals surface area contributed by atoms with E-state index in [0.29, 0.717) is 36.6 Å². The van der Waals surface area contributed by atoms with Crippen molar-refractivity contribution in [2.24, 2.45) is 50.7 Å². The summed E-state index contributed by atoms with van der Waals surface area (Å²) < 4.78 is 5.86. The highest BCUT2D eigenvalue weighted by atomic mass is 16.6. The van der Waals surface area contributed by atoms with Crippen molar-refractivity contribution < 1.29 is 24.0 Å². The van der Waals surface area contributed by atoms with Gasteiger partial charge in [0.15, 0.2) is 0 Å². The Morgan fingerprint density at radius 3 is 2.64 bits per heavy atom. The number of oxime groups is 2. The van der Waals surface area contributed by atoms with Gasteiger partial charge in [0, 0.05) is 49.0 Å². The minimum Gasteiger partial charge on any atom is -0.465 e. The van der Waals surface area contributed by atoms with E-state index in [1.54, 1.807) is 7.11 Å². The summed E-state index contributed by atoms with van der Waals surface area (Å²) in [6, 6.07) is 0. The van der Waals surface area contributed by atoms with Crippen LogP contribution in [0.5, 0.6) is 0 Å². The summed E-state index contributed by atoms with van der Waals surface area (Å²) in [5.41, 5.74) is 1.69. The third kappa shape index (κ3) is 4.17. The van der Waals surface area contributed by atoms with Gasteiger partial charge in [0.05, 0.1) is 18.0 Å². The van der Waals surface area contributed by atoms with Gasteiger partial charge in [0.2, 0.25) is 0 Å². The predicted molar refractivity (Wildman–Crippen MR) is 136 cm³/mol. The fourth-order valence-electron chi connectivity index (χ4n) is 8.86. The smallest absolute Gasteiger partial charge is 0.302 e. The maximum Gasteiger partial charge on any atom is 0.302 e. The van der Waals surface area contributed by atoms with Crippen molar-refractivity contribution >= 4 is 23.2 Å². The Morgan fingerprint density at radius 2 is 1.94 bits per heavy atom. The number of hydrogen-bond acceptors (Lipinski definition) is 8. The van der Waals surface area contributed by atoms with Crippen LogP contribution in [0.3, 0.4) is 0 Å². The van der Waals surface area contributed by atoms with E-state index in [2.05, 4.69) is 24.3 Å². The maximum atomic E-state index is 13.0. The van der Waals surface area contributed by atoms with Gasteiger partial charge < -0.3 is 19.7 Å². The Hall–Kier alpha value is -1.96. The van der Waals surface area contributed by atoms with E-state index in [-0.39, 0.29) is 34.7 Å². The number of carbonyl (C=O) groups excluding carboxylic acids is 2. The summed E-state index contributed by atoms with van der Waals surface area (Å²) in [4.78, 5) is 36.5. The molecule has 4 saturated carbocycles. The maximum absolute atomic E-state index is 13.0. The van der Waals surface area contributed by atoms with Crippen molar-refractivity contribution in [2.45, 2.75) is 84.7 Å². The molecule has 5 rings (SSSR count). The first-order valence-corrected chi connectivity index (χ1v) is 14.0. The Bertz CT molecular complexity index is 928. The summed E-state index contributed by atoms with van der Waals surface area (Å²) in [5, 5.41) is 12.7. The fraction of sp³-hybridized carbons (Fsp3) is 0.857. The van der Waals surface area contributed by atoms with Gasteiger partial charge in [0.1, 0.15) is 19.0 Å². The second kappa shape index (κ2) is 10.1. The van der Waals surface area contributed by atoms with Crippen molar-refractivity contribution in [3.05, 3.63) is 0 Å². The van der Waals surface area contributed by atoms with Crippen molar-refractivity contribution in [2.75, 3.05) is 26.8 Å². The second-order valence-corrected chi connectivity index (χ2v) is 12.1. The lowest BCUT2D eigenvalue weighted by molar-refractivity contribution is -0.156. The molecule has 0 bridgehead atoms. The summed E-state index contributed by atoms with van der Waals surface area (Å²) in [5.74, 6) is 1.53. The van der Waals surface area contributed by atoms with Gasteiger partial charge in [-0.3, -0.25) is 9.59 Å². The van der Waals surface area contributed by atoms with E-state index in [4.69, 9.17) is 19.6 Å². The molecule has 36 heavy (non-hydrogen) atoms. The molecule has 5 aliphatic rings. The Balaban J connectivity index is 1.54. The molecule has 200 valence electrons. The zero-order chi connectivity index (χ0) is 25.5. The Kier molecular flexibility index (Phi) is 7.18. The van der Waals surface area contributed by atoms with Crippen LogP contribution in [0.15, 0.2) is 10.3 Å². The molecule has 8 atom stereocenters. The van der Waals surface area contributed by atoms with Crippen molar-refractivity contribution in [3.8, 4) is 0 Å². The van der Waals surface area contributed by atoms with Crippen LogP contribution in [0, 0.1) is 40.4 Å². The number of carbonyl (C=O) groups is 2. The molecule has 1 aliphatic heterocycles. The standard InChI is InChI=1S/C28H43N3O5/c1-5-19-23(31-36-18-10-13-29-15-18)9-12-28(16-35-17(2)32)22-8-11-27(3)21(6-7-25(27)33)20(22)14-24(26(19)28)30-34-4/h18-22,26,29H,5-16H2,1-4H3. The summed E-state index contributed by atoms with van der Waals surface area (Å²) in [6.07, 6.45) is 8.14. The van der Waals surface area contributed by atoms with Crippen molar-refractivity contribution in [1.82, 2.24) is 5.32 Å². The molecule has 0 spiro atoms. The SMILES string of the molecule is CCC1C(=NOC2CCNC2)CCC2(COC(C)=O)C3CCC4(C)C(=O)CCC4C3CC(=NOC)C12. The van der Waals surface area contributed by atoms with Crippen LogP contribution in [0.4, 0.5) is 0 Å². The molecule has 0 amide bonds. The van der Waals surface area contributed by atoms with E-state index < -0.39 is 0 Å². The highest BCUT2D eigenvalue weighted by molar-refractivity contribution is 5.97. The van der Waals surface area contributed by atoms with Crippen molar-refractivity contribution in [1.29, 1.82) is 0 Å². The first kappa shape index (κ1) is 25.7. The van der Waals surface area contributed by atoms with Gasteiger partial charge in [-0.15, -0.1) is 0 Å². The average Bonchev–Trinajstić information content (AvgIpc) is 3.49. The van der Waals surface area contributed by atoms with Crippen molar-refractivity contribution in [3.63, 3.8) is 0 Å². The quantitative estimate of drug-likeness (QED) is 0.434. The lowest BCUT2D eigenvalue weighted by Crippen LogP contribution is -2.62. The molecule has 4 aliphatic carbocycles. The molecule has 5 fully saturated rings. The van der Waals surface area contributed by atoms with E-state index in [9.17, 15) is 9.59 Å². The molecular weight excluding hydrogens is 458 g/mol. The number of Topliss-reactive ketones (excluding diaryl/α,β-unsaturated/α-hetero) is 1. The van der Waals surface area contributed by atoms with Crippen LogP contribution in [-0.2, 0) is 24.0 Å². The third-order valence-electron chi connectivity index (χ3n) is 10.5. The van der Waals surface area contributed by atoms with E-state index in [1.165, 1.54) is 6.92 Å². The highest BCUT2D eigenvalue weighted by Crippen LogP contribution is 2.66. The number of esters is 1. The third-order valence-corrected chi connectivity index (χ3v) is 10.5. The van der Waals surface area contributed by atoms with Gasteiger partial charge in [-0.25, -0.2) is 0 Å². The van der Waals surface area contributed by atoms with Crippen LogP contribution in [0.25, 0.3) is 0 Å². The monoisotopic (exact) mass is 501 g/mol. The molecule has 8 heteroatoms. The minimum atomic E-state index is -0.239. The molecular formula is C28H43N3O5. The number of fused-ring (bicyclic) bond motifs is 5. The molecule has 0 aromatic carbocycles. The fourth-order valence-corrected chi connectivity index (χ4v) is 8.86. The minimum absolute atomic E-state index is 0.0855. The molecule has 0 aromatic rings. The van der Waals surface area contributed by atoms with E-state index in [0.717, 1.165) is 75.9 Å². The predicted octanol–water partition coefficient (Wildman–Crippen LogP) is 4.12. The number of ether oxygens (including phenoxy) is 1. The summed E-state index contributed by atoms with van der Waals surface area (Å²) in [7, 11) is 1.62. The van der Waals surface area contributed by atoms with Gasteiger partial charge in [-0.2, -0.15) is 0 Å². The molecule has 1 heterocycles. The van der Waals surface area contributed by atoms with Gasteiger partial charge in [0.25, 0.3) is 0 Å². The van der Waals surface area contributed by atoms with Crippen LogP contribution in [0.1, 0.15) is 78.6 Å². The molecule has 8 unspecified atom stereocenters. The normalized spacial score (nSPS) is 44.2. The van der Waals surface area contributed by atoms with Crippen LogP contribution in [0.2, 0.25) is 0 Å². The number of hydrogen-bond donors (Lipinski definition) is 1. The molecule has 8 nitrogen and oxygen atoms in total. The summed E-state index contributed by atoms with van der Waals surface area (Å²) in [6.45, 7) is 8.11. The molecule has 0 radical (unpaired) electrons. The molecule has 1 N–H and O–H groups in total. The van der Waals surface area contributed by atoms with E-state index in [1.807, 2.05) is 0 Å². The highest BCUT2D eigenvalue weighted by Gasteiger charge is 2.65. The Morgan fingerprint density at radius 1 is 1.11 bits per heavy atom. The topological polar surface area (TPSA) is 98.6 Å². The first-order chi connectivity index (χ1) is 17.3. The lowest BCUT2D eigenvalue weighted by Gasteiger charge is -2.61. The molecule has 1 saturated heterocycles. The van der Waals surface area contributed by atoms with Gasteiger partial charge >= 0.3 is 5.97 Å². The number of rotatable bonds is 6. The zero-order valence-electron chi connectivity index (χ0n) is 22.4. The van der Waals surface area contributed by atoms with Crippen LogP contribution >= 0.6 is 0 Å². The van der Waals surface area contributed by atoms with Crippen LogP contribution in [-0.4, -0.2) is 56.1 Å². The lowest BCUT2D eigenvalue weighted by atomic mass is 9.42. The number of nitrogens with zero attached hydrogens (tertiary/aromatic N) is 2. The Labute approximate surface area is 214 Å². The van der Waals surface area contributed by atoms with Gasteiger partial charge in [-0.1, -0.05) is 24.2 Å². The van der Waals surface area contributed by atoms with E-state index >= 15 is 0 Å².